The lowest BCUT2D eigenvalue weighted by Gasteiger charge is -2.16. The summed E-state index contributed by atoms with van der Waals surface area (Å²) >= 11 is 0. The molecule has 2 heterocycles. The van der Waals surface area contributed by atoms with Crippen molar-refractivity contribution in [3.8, 4) is 0 Å². The van der Waals surface area contributed by atoms with Crippen molar-refractivity contribution in [2.75, 3.05) is 13.1 Å². The standard InChI is InChI=1S/C16H19F2N3O/c1-10-5-13(20-19-10)6-12-8-21(9-15(12)22)7-11-3-2-4-14(17)16(11)18/h2-5,12,15,22H,6-9H2,1H3,(H,19,20)/t12-,15-/m1/s1. The predicted octanol–water partition coefficient (Wildman–Crippen LogP) is 2.03. The van der Waals surface area contributed by atoms with E-state index in [1.807, 2.05) is 17.9 Å². The number of halogens is 2. The van der Waals surface area contributed by atoms with Gasteiger partial charge in [-0.3, -0.25) is 10.00 Å². The molecule has 2 aromatic rings. The summed E-state index contributed by atoms with van der Waals surface area (Å²) in [7, 11) is 0. The van der Waals surface area contributed by atoms with Crippen LogP contribution in [0, 0.1) is 24.5 Å². The van der Waals surface area contributed by atoms with E-state index in [4.69, 9.17) is 0 Å². The lowest BCUT2D eigenvalue weighted by atomic mass is 10.0. The summed E-state index contributed by atoms with van der Waals surface area (Å²) in [6, 6.07) is 6.15. The number of aromatic amines is 1. The van der Waals surface area contributed by atoms with E-state index in [9.17, 15) is 13.9 Å². The van der Waals surface area contributed by atoms with Crippen LogP contribution in [0.15, 0.2) is 24.3 Å². The Morgan fingerprint density at radius 1 is 1.36 bits per heavy atom. The van der Waals surface area contributed by atoms with Gasteiger partial charge < -0.3 is 5.11 Å². The van der Waals surface area contributed by atoms with Gasteiger partial charge in [-0.1, -0.05) is 12.1 Å². The average molecular weight is 307 g/mol. The van der Waals surface area contributed by atoms with E-state index in [2.05, 4.69) is 10.2 Å². The van der Waals surface area contributed by atoms with Gasteiger partial charge in [0.05, 0.1) is 11.8 Å². The second kappa shape index (κ2) is 6.14. The third-order valence-electron chi connectivity index (χ3n) is 4.14. The number of aryl methyl sites for hydroxylation is 1. The number of rotatable bonds is 4. The summed E-state index contributed by atoms with van der Waals surface area (Å²) in [5, 5.41) is 17.3. The van der Waals surface area contributed by atoms with E-state index >= 15 is 0 Å². The van der Waals surface area contributed by atoms with Crippen molar-refractivity contribution in [1.82, 2.24) is 15.1 Å². The van der Waals surface area contributed by atoms with Gasteiger partial charge in [0.15, 0.2) is 11.6 Å². The van der Waals surface area contributed by atoms with E-state index in [1.54, 1.807) is 6.07 Å². The molecule has 0 radical (unpaired) electrons. The smallest absolute Gasteiger partial charge is 0.163 e. The number of aliphatic hydroxyl groups is 1. The first-order valence-corrected chi connectivity index (χ1v) is 7.37. The third kappa shape index (κ3) is 3.18. The number of likely N-dealkylation sites (tertiary alicyclic amines) is 1. The normalized spacial score (nSPS) is 22.4. The number of aliphatic hydroxyl groups excluding tert-OH is 1. The molecule has 0 unspecified atom stereocenters. The van der Waals surface area contributed by atoms with E-state index in [1.165, 1.54) is 6.07 Å². The van der Waals surface area contributed by atoms with Gasteiger partial charge >= 0.3 is 0 Å². The molecule has 1 aliphatic heterocycles. The Morgan fingerprint density at radius 3 is 2.91 bits per heavy atom. The summed E-state index contributed by atoms with van der Waals surface area (Å²) in [6.07, 6.45) is 0.196. The summed E-state index contributed by atoms with van der Waals surface area (Å²) in [4.78, 5) is 1.95. The Balaban J connectivity index is 1.64. The van der Waals surface area contributed by atoms with Crippen molar-refractivity contribution in [1.29, 1.82) is 0 Å². The number of hydrogen-bond donors (Lipinski definition) is 2. The molecule has 2 atom stereocenters. The molecule has 3 rings (SSSR count). The van der Waals surface area contributed by atoms with Crippen LogP contribution in [-0.2, 0) is 13.0 Å². The highest BCUT2D eigenvalue weighted by atomic mass is 19.2. The van der Waals surface area contributed by atoms with E-state index in [0.717, 1.165) is 17.5 Å². The maximum absolute atomic E-state index is 13.7. The minimum Gasteiger partial charge on any atom is -0.391 e. The molecule has 118 valence electrons. The largest absolute Gasteiger partial charge is 0.391 e. The predicted molar refractivity (Wildman–Crippen MR) is 78.2 cm³/mol. The second-order valence-electron chi connectivity index (χ2n) is 5.98. The van der Waals surface area contributed by atoms with Crippen molar-refractivity contribution < 1.29 is 13.9 Å². The van der Waals surface area contributed by atoms with Crippen LogP contribution in [0.1, 0.15) is 17.0 Å². The Hall–Kier alpha value is -1.79. The van der Waals surface area contributed by atoms with E-state index < -0.39 is 17.7 Å². The van der Waals surface area contributed by atoms with Crippen LogP contribution in [0.4, 0.5) is 8.78 Å². The van der Waals surface area contributed by atoms with E-state index in [0.29, 0.717) is 31.6 Å². The number of β-amino-alcohol motifs (C(OH)–C–C–N with tert-alkyl or cyclic N) is 1. The molecule has 6 heteroatoms. The first kappa shape index (κ1) is 15.1. The van der Waals surface area contributed by atoms with Gasteiger partial charge in [0.1, 0.15) is 0 Å². The van der Waals surface area contributed by atoms with Crippen LogP contribution < -0.4 is 0 Å². The number of nitrogens with one attached hydrogen (secondary N) is 1. The summed E-state index contributed by atoms with van der Waals surface area (Å²) < 4.78 is 27.0. The summed E-state index contributed by atoms with van der Waals surface area (Å²) in [5.41, 5.74) is 2.23. The third-order valence-corrected chi connectivity index (χ3v) is 4.14. The minimum absolute atomic E-state index is 0.0549. The van der Waals surface area contributed by atoms with Gasteiger partial charge in [-0.15, -0.1) is 0 Å². The highest BCUT2D eigenvalue weighted by Crippen LogP contribution is 2.24. The Morgan fingerprint density at radius 2 is 2.18 bits per heavy atom. The molecule has 1 saturated heterocycles. The molecule has 1 aromatic carbocycles. The number of H-pyrrole nitrogens is 1. The van der Waals surface area contributed by atoms with Crippen molar-refractivity contribution in [2.45, 2.75) is 26.0 Å². The molecule has 0 aliphatic carbocycles. The fraction of sp³-hybridized carbons (Fsp3) is 0.438. The van der Waals surface area contributed by atoms with Gasteiger partial charge in [0.2, 0.25) is 0 Å². The Labute approximate surface area is 127 Å². The number of hydrogen-bond acceptors (Lipinski definition) is 3. The number of aromatic nitrogens is 2. The lowest BCUT2D eigenvalue weighted by molar-refractivity contribution is 0.140. The Bertz CT molecular complexity index is 659. The molecule has 2 N–H and O–H groups in total. The minimum atomic E-state index is -0.833. The molecular formula is C16H19F2N3O. The fourth-order valence-electron chi connectivity index (χ4n) is 3.03. The monoisotopic (exact) mass is 307 g/mol. The van der Waals surface area contributed by atoms with Gasteiger partial charge in [0, 0.05) is 36.8 Å². The average Bonchev–Trinajstić information content (AvgIpc) is 3.02. The zero-order valence-corrected chi connectivity index (χ0v) is 12.4. The summed E-state index contributed by atoms with van der Waals surface area (Å²) in [6.45, 7) is 3.34. The fourth-order valence-corrected chi connectivity index (χ4v) is 3.03. The first-order valence-electron chi connectivity index (χ1n) is 7.37. The van der Waals surface area contributed by atoms with Gasteiger partial charge in [-0.05, 0) is 25.5 Å². The molecule has 1 aromatic heterocycles. The molecule has 1 fully saturated rings. The maximum Gasteiger partial charge on any atom is 0.163 e. The molecule has 0 bridgehead atoms. The van der Waals surface area contributed by atoms with Crippen molar-refractivity contribution in [3.63, 3.8) is 0 Å². The highest BCUT2D eigenvalue weighted by Gasteiger charge is 2.32. The molecule has 4 nitrogen and oxygen atoms in total. The van der Waals surface area contributed by atoms with E-state index in [-0.39, 0.29) is 5.92 Å². The first-order chi connectivity index (χ1) is 10.5. The zero-order chi connectivity index (χ0) is 15.7. The molecule has 1 aliphatic rings. The second-order valence-corrected chi connectivity index (χ2v) is 5.98. The van der Waals surface area contributed by atoms with Crippen LogP contribution in [-0.4, -0.2) is 39.4 Å². The Kier molecular flexibility index (Phi) is 4.22. The van der Waals surface area contributed by atoms with Crippen molar-refractivity contribution in [3.05, 3.63) is 52.9 Å². The number of benzene rings is 1. The van der Waals surface area contributed by atoms with Crippen LogP contribution in [0.2, 0.25) is 0 Å². The van der Waals surface area contributed by atoms with Gasteiger partial charge in [-0.25, -0.2) is 8.78 Å². The highest BCUT2D eigenvalue weighted by molar-refractivity contribution is 5.19. The maximum atomic E-state index is 13.7. The quantitative estimate of drug-likeness (QED) is 0.909. The van der Waals surface area contributed by atoms with Gasteiger partial charge in [-0.2, -0.15) is 5.10 Å². The number of nitrogens with zero attached hydrogens (tertiary/aromatic N) is 2. The van der Waals surface area contributed by atoms with Crippen molar-refractivity contribution in [2.24, 2.45) is 5.92 Å². The summed E-state index contributed by atoms with van der Waals surface area (Å²) in [5.74, 6) is -1.58. The van der Waals surface area contributed by atoms with Crippen LogP contribution >= 0.6 is 0 Å². The molecule has 0 saturated carbocycles. The molecular weight excluding hydrogens is 288 g/mol. The lowest BCUT2D eigenvalue weighted by Crippen LogP contribution is -2.22. The van der Waals surface area contributed by atoms with Crippen molar-refractivity contribution >= 4 is 0 Å². The SMILES string of the molecule is Cc1cc(C[C@@H]2CN(Cc3cccc(F)c3F)C[C@H]2O)n[nH]1. The molecule has 0 spiro atoms. The van der Waals surface area contributed by atoms with Crippen LogP contribution in [0.3, 0.4) is 0 Å². The molecule has 0 amide bonds. The molecule has 22 heavy (non-hydrogen) atoms. The van der Waals surface area contributed by atoms with Crippen LogP contribution in [0.5, 0.6) is 0 Å². The zero-order valence-electron chi connectivity index (χ0n) is 12.4. The van der Waals surface area contributed by atoms with Crippen LogP contribution in [0.25, 0.3) is 0 Å². The topological polar surface area (TPSA) is 52.1 Å². The van der Waals surface area contributed by atoms with Gasteiger partial charge in [0.25, 0.3) is 0 Å².